The molecule has 0 bridgehead atoms. The Labute approximate surface area is 181 Å². The molecule has 1 amide bonds. The van der Waals surface area contributed by atoms with E-state index in [-0.39, 0.29) is 11.7 Å². The van der Waals surface area contributed by atoms with E-state index in [1.54, 1.807) is 12.4 Å². The summed E-state index contributed by atoms with van der Waals surface area (Å²) >= 11 is 0. The van der Waals surface area contributed by atoms with Crippen LogP contribution in [0, 0.1) is 5.82 Å². The molecule has 2 saturated heterocycles. The molecule has 0 unspecified atom stereocenters. The van der Waals surface area contributed by atoms with Crippen molar-refractivity contribution in [2.75, 3.05) is 44.2 Å². The van der Waals surface area contributed by atoms with Crippen molar-refractivity contribution in [1.29, 1.82) is 0 Å². The number of amides is 1. The molecule has 7 heteroatoms. The van der Waals surface area contributed by atoms with E-state index in [4.69, 9.17) is 0 Å². The van der Waals surface area contributed by atoms with E-state index in [2.05, 4.69) is 14.8 Å². The second kappa shape index (κ2) is 8.67. The number of anilines is 1. The van der Waals surface area contributed by atoms with Crippen molar-refractivity contribution in [1.82, 2.24) is 19.4 Å². The maximum absolute atomic E-state index is 14.1. The van der Waals surface area contributed by atoms with Gasteiger partial charge in [0, 0.05) is 45.3 Å². The predicted octanol–water partition coefficient (Wildman–Crippen LogP) is 2.99. The van der Waals surface area contributed by atoms with Gasteiger partial charge < -0.3 is 14.4 Å². The first-order chi connectivity index (χ1) is 15.2. The Hall–Kier alpha value is -2.93. The van der Waals surface area contributed by atoms with Gasteiger partial charge in [0.05, 0.1) is 23.0 Å². The molecule has 1 aromatic heterocycles. The highest BCUT2D eigenvalue weighted by atomic mass is 19.1. The van der Waals surface area contributed by atoms with Crippen molar-refractivity contribution in [2.45, 2.75) is 25.4 Å². The van der Waals surface area contributed by atoms with Crippen LogP contribution >= 0.6 is 0 Å². The molecule has 0 spiro atoms. The van der Waals surface area contributed by atoms with Crippen LogP contribution in [0.4, 0.5) is 10.1 Å². The number of hydrogen-bond donors (Lipinski definition) is 0. The largest absolute Gasteiger partial charge is 0.367 e. The molecule has 2 aliphatic heterocycles. The minimum Gasteiger partial charge on any atom is -0.367 e. The summed E-state index contributed by atoms with van der Waals surface area (Å²) in [6.45, 7) is 5.33. The van der Waals surface area contributed by atoms with Gasteiger partial charge >= 0.3 is 0 Å². The number of fused-ring (bicyclic) bond motifs is 1. The molecule has 0 aliphatic carbocycles. The fraction of sp³-hybridized carbons (Fsp3) is 0.417. The zero-order valence-corrected chi connectivity index (χ0v) is 17.7. The van der Waals surface area contributed by atoms with Crippen LogP contribution in [0.2, 0.25) is 0 Å². The molecule has 2 fully saturated rings. The summed E-state index contributed by atoms with van der Waals surface area (Å²) in [6.07, 6.45) is 3.89. The van der Waals surface area contributed by atoms with Gasteiger partial charge in [0.1, 0.15) is 12.4 Å². The topological polar surface area (TPSA) is 44.6 Å². The molecule has 0 saturated carbocycles. The van der Waals surface area contributed by atoms with E-state index < -0.39 is 0 Å². The van der Waals surface area contributed by atoms with Gasteiger partial charge in [0.25, 0.3) is 0 Å². The molecule has 6 nitrogen and oxygen atoms in total. The summed E-state index contributed by atoms with van der Waals surface area (Å²) < 4.78 is 16.1. The second-order valence-corrected chi connectivity index (χ2v) is 8.47. The summed E-state index contributed by atoms with van der Waals surface area (Å²) in [4.78, 5) is 24.0. The van der Waals surface area contributed by atoms with Gasteiger partial charge in [-0.1, -0.05) is 24.3 Å². The van der Waals surface area contributed by atoms with Gasteiger partial charge in [-0.3, -0.25) is 9.69 Å². The monoisotopic (exact) mass is 421 g/mol. The lowest BCUT2D eigenvalue weighted by Gasteiger charge is -2.44. The summed E-state index contributed by atoms with van der Waals surface area (Å²) in [5.74, 6) is -0.00439. The summed E-state index contributed by atoms with van der Waals surface area (Å²) in [6, 6.07) is 15.3. The summed E-state index contributed by atoms with van der Waals surface area (Å²) in [5.41, 5.74) is 2.60. The number of carbonyl (C=O) groups excluding carboxylic acids is 1. The van der Waals surface area contributed by atoms with Crippen molar-refractivity contribution in [3.8, 4) is 0 Å². The molecule has 0 radical (unpaired) electrons. The normalized spacial score (nSPS) is 20.4. The Morgan fingerprint density at radius 1 is 1.00 bits per heavy atom. The molecule has 5 rings (SSSR count). The Morgan fingerprint density at radius 2 is 1.77 bits per heavy atom. The number of para-hydroxylation sites is 3. The van der Waals surface area contributed by atoms with Crippen LogP contribution in [0.1, 0.15) is 12.8 Å². The maximum atomic E-state index is 14.1. The van der Waals surface area contributed by atoms with E-state index in [1.165, 1.54) is 6.07 Å². The van der Waals surface area contributed by atoms with Crippen LogP contribution in [0.3, 0.4) is 0 Å². The number of imidazole rings is 1. The Balaban J connectivity index is 1.19. The molecule has 31 heavy (non-hydrogen) atoms. The van der Waals surface area contributed by atoms with Gasteiger partial charge in [-0.15, -0.1) is 0 Å². The third-order valence-electron chi connectivity index (χ3n) is 6.61. The number of carbonyl (C=O) groups is 1. The fourth-order valence-corrected chi connectivity index (χ4v) is 4.90. The van der Waals surface area contributed by atoms with E-state index in [1.807, 2.05) is 45.9 Å². The van der Waals surface area contributed by atoms with Gasteiger partial charge in [-0.05, 0) is 37.1 Å². The van der Waals surface area contributed by atoms with Crippen LogP contribution in [0.5, 0.6) is 0 Å². The van der Waals surface area contributed by atoms with Crippen molar-refractivity contribution in [3.05, 3.63) is 60.7 Å². The van der Waals surface area contributed by atoms with Crippen LogP contribution in [0.15, 0.2) is 54.9 Å². The molecule has 2 aliphatic rings. The first-order valence-electron chi connectivity index (χ1n) is 11.1. The third-order valence-corrected chi connectivity index (χ3v) is 6.61. The molecule has 3 heterocycles. The zero-order chi connectivity index (χ0) is 21.2. The van der Waals surface area contributed by atoms with E-state index in [0.717, 1.165) is 63.1 Å². The van der Waals surface area contributed by atoms with E-state index in [0.29, 0.717) is 18.3 Å². The number of nitrogens with zero attached hydrogens (tertiary/aromatic N) is 5. The number of piperazine rings is 1. The first kappa shape index (κ1) is 20.0. The van der Waals surface area contributed by atoms with Crippen molar-refractivity contribution in [3.63, 3.8) is 0 Å². The minimum absolute atomic E-state index is 0.151. The predicted molar refractivity (Wildman–Crippen MR) is 120 cm³/mol. The highest BCUT2D eigenvalue weighted by Crippen LogP contribution is 2.23. The first-order valence-corrected chi connectivity index (χ1v) is 11.1. The standard InChI is InChI=1S/C24H28FN5O/c25-20-7-1-3-9-22(20)28-14-12-27(13-15-28)19-6-5-11-29(16-19)24(31)17-30-18-26-21-8-2-4-10-23(21)30/h1-4,7-10,18-19H,5-6,11-17H2/t19-/m1/s1. The highest BCUT2D eigenvalue weighted by Gasteiger charge is 2.30. The summed E-state index contributed by atoms with van der Waals surface area (Å²) in [7, 11) is 0. The van der Waals surface area contributed by atoms with Crippen molar-refractivity contribution in [2.24, 2.45) is 0 Å². The molecule has 3 aromatic rings. The number of rotatable bonds is 4. The molecule has 2 aromatic carbocycles. The number of halogens is 1. The quantitative estimate of drug-likeness (QED) is 0.650. The SMILES string of the molecule is O=C(Cn1cnc2ccccc21)N1CCC[C@@H](N2CCN(c3ccccc3F)CC2)C1. The molecule has 162 valence electrons. The average Bonchev–Trinajstić information content (AvgIpc) is 3.22. The lowest BCUT2D eigenvalue weighted by molar-refractivity contribution is -0.134. The van der Waals surface area contributed by atoms with Gasteiger partial charge in [0.2, 0.25) is 5.91 Å². The molecule has 0 N–H and O–H groups in total. The molecular formula is C24H28FN5O. The second-order valence-electron chi connectivity index (χ2n) is 8.47. The zero-order valence-electron chi connectivity index (χ0n) is 17.7. The number of likely N-dealkylation sites (tertiary alicyclic amines) is 1. The number of hydrogen-bond acceptors (Lipinski definition) is 4. The maximum Gasteiger partial charge on any atom is 0.242 e. The number of aromatic nitrogens is 2. The molecule has 1 atom stereocenters. The number of piperidine rings is 1. The van der Waals surface area contributed by atoms with E-state index in [9.17, 15) is 9.18 Å². The third kappa shape index (κ3) is 4.14. The Bertz CT molecular complexity index is 1060. The average molecular weight is 422 g/mol. The Kier molecular flexibility index (Phi) is 5.59. The smallest absolute Gasteiger partial charge is 0.242 e. The van der Waals surface area contributed by atoms with Crippen molar-refractivity contribution < 1.29 is 9.18 Å². The van der Waals surface area contributed by atoms with Crippen LogP contribution in [-0.2, 0) is 11.3 Å². The fourth-order valence-electron chi connectivity index (χ4n) is 4.90. The Morgan fingerprint density at radius 3 is 2.61 bits per heavy atom. The molecular weight excluding hydrogens is 393 g/mol. The van der Waals surface area contributed by atoms with Gasteiger partial charge in [-0.25, -0.2) is 9.37 Å². The van der Waals surface area contributed by atoms with Crippen molar-refractivity contribution >= 4 is 22.6 Å². The summed E-state index contributed by atoms with van der Waals surface area (Å²) in [5, 5.41) is 0. The van der Waals surface area contributed by atoms with Crippen LogP contribution in [-0.4, -0.2) is 70.6 Å². The van der Waals surface area contributed by atoms with E-state index >= 15 is 0 Å². The lowest BCUT2D eigenvalue weighted by atomic mass is 10.0. The van der Waals surface area contributed by atoms with Crippen LogP contribution < -0.4 is 4.90 Å². The number of benzene rings is 2. The van der Waals surface area contributed by atoms with Gasteiger partial charge in [-0.2, -0.15) is 0 Å². The lowest BCUT2D eigenvalue weighted by Crippen LogP contribution is -2.56. The van der Waals surface area contributed by atoms with Crippen LogP contribution in [0.25, 0.3) is 11.0 Å². The highest BCUT2D eigenvalue weighted by molar-refractivity contribution is 5.80. The van der Waals surface area contributed by atoms with Gasteiger partial charge in [0.15, 0.2) is 0 Å². The minimum atomic E-state index is -0.155.